The highest BCUT2D eigenvalue weighted by Gasteiger charge is 2.08. The van der Waals surface area contributed by atoms with Gasteiger partial charge in [0.25, 0.3) is 0 Å². The topological polar surface area (TPSA) is 39.7 Å². The molecular weight excluding hydrogens is 326 g/mol. The number of aryl methyl sites for hydroxylation is 1. The molecule has 0 aliphatic carbocycles. The number of hydrogen-bond acceptors (Lipinski definition) is 4. The average Bonchev–Trinajstić information content (AvgIpc) is 2.63. The summed E-state index contributed by atoms with van der Waals surface area (Å²) in [5.74, 6) is 2.56. The Morgan fingerprint density at radius 2 is 1.85 bits per heavy atom. The molecule has 0 saturated heterocycles. The van der Waals surface area contributed by atoms with Crippen LogP contribution in [0.4, 0.5) is 5.69 Å². The predicted molar refractivity (Wildman–Crippen MR) is 108 cm³/mol. The number of unbranched alkanes of at least 4 members (excludes halogenated alkanes) is 3. The van der Waals surface area contributed by atoms with Crippen LogP contribution in [0.3, 0.4) is 0 Å². The lowest BCUT2D eigenvalue weighted by Crippen LogP contribution is -2.22. The van der Waals surface area contributed by atoms with Crippen molar-refractivity contribution in [1.82, 2.24) is 0 Å². The minimum atomic E-state index is -0.165. The largest absolute Gasteiger partial charge is 0.497 e. The Hall–Kier alpha value is -2.36. The number of benzene rings is 2. The van der Waals surface area contributed by atoms with E-state index in [1.54, 1.807) is 7.11 Å². The number of anilines is 1. The lowest BCUT2D eigenvalue weighted by atomic mass is 10.2. The smallest absolute Gasteiger partial charge is 0.167 e. The van der Waals surface area contributed by atoms with Crippen LogP contribution in [0.1, 0.15) is 45.1 Å². The van der Waals surface area contributed by atoms with Crippen molar-refractivity contribution in [2.45, 2.75) is 52.7 Å². The van der Waals surface area contributed by atoms with E-state index in [4.69, 9.17) is 14.2 Å². The van der Waals surface area contributed by atoms with Crippen LogP contribution in [0.5, 0.6) is 17.2 Å². The van der Waals surface area contributed by atoms with E-state index >= 15 is 0 Å². The molecule has 0 amide bonds. The third kappa shape index (κ3) is 6.51. The highest BCUT2D eigenvalue weighted by atomic mass is 16.5. The molecule has 0 heterocycles. The Kier molecular flexibility index (Phi) is 8.13. The van der Waals surface area contributed by atoms with Crippen molar-refractivity contribution in [2.24, 2.45) is 0 Å². The molecule has 0 aromatic heterocycles. The van der Waals surface area contributed by atoms with E-state index in [1.807, 2.05) is 56.3 Å². The van der Waals surface area contributed by atoms with Crippen molar-refractivity contribution in [3.63, 3.8) is 0 Å². The van der Waals surface area contributed by atoms with E-state index in [2.05, 4.69) is 12.2 Å². The van der Waals surface area contributed by atoms with Crippen LogP contribution in [-0.2, 0) is 0 Å². The minimum absolute atomic E-state index is 0.165. The van der Waals surface area contributed by atoms with E-state index in [1.165, 1.54) is 19.3 Å². The first-order chi connectivity index (χ1) is 12.6. The molecule has 1 atom stereocenters. The number of hydrogen-bond donors (Lipinski definition) is 1. The molecule has 2 aromatic carbocycles. The van der Waals surface area contributed by atoms with Gasteiger partial charge in [-0.2, -0.15) is 0 Å². The number of nitrogens with one attached hydrogen (secondary N) is 1. The Morgan fingerprint density at radius 1 is 1.00 bits per heavy atom. The monoisotopic (exact) mass is 357 g/mol. The Morgan fingerprint density at radius 3 is 2.58 bits per heavy atom. The summed E-state index contributed by atoms with van der Waals surface area (Å²) in [7, 11) is 1.67. The predicted octanol–water partition coefficient (Wildman–Crippen LogP) is 5.80. The summed E-state index contributed by atoms with van der Waals surface area (Å²) in [6, 6.07) is 13.8. The summed E-state index contributed by atoms with van der Waals surface area (Å²) in [4.78, 5) is 0. The van der Waals surface area contributed by atoms with Crippen LogP contribution < -0.4 is 19.5 Å². The molecule has 0 bridgehead atoms. The van der Waals surface area contributed by atoms with E-state index in [9.17, 15) is 0 Å². The van der Waals surface area contributed by atoms with Crippen molar-refractivity contribution < 1.29 is 14.2 Å². The van der Waals surface area contributed by atoms with Crippen molar-refractivity contribution in [2.75, 3.05) is 19.0 Å². The van der Waals surface area contributed by atoms with Crippen LogP contribution >= 0.6 is 0 Å². The maximum atomic E-state index is 6.01. The zero-order chi connectivity index (χ0) is 18.8. The van der Waals surface area contributed by atoms with Gasteiger partial charge in [0.2, 0.25) is 0 Å². The molecule has 0 aliphatic rings. The summed E-state index contributed by atoms with van der Waals surface area (Å²) < 4.78 is 17.1. The molecule has 0 spiro atoms. The first kappa shape index (κ1) is 20.0. The zero-order valence-electron chi connectivity index (χ0n) is 16.4. The summed E-state index contributed by atoms with van der Waals surface area (Å²) in [5.41, 5.74) is 2.02. The van der Waals surface area contributed by atoms with Gasteiger partial charge in [-0.3, -0.25) is 0 Å². The van der Waals surface area contributed by atoms with Gasteiger partial charge >= 0.3 is 0 Å². The molecule has 1 N–H and O–H groups in total. The Bertz CT molecular complexity index is 672. The molecule has 4 nitrogen and oxygen atoms in total. The highest BCUT2D eigenvalue weighted by molar-refractivity contribution is 5.49. The first-order valence-corrected chi connectivity index (χ1v) is 9.43. The van der Waals surface area contributed by atoms with E-state index in [0.717, 1.165) is 41.5 Å². The lowest BCUT2D eigenvalue weighted by molar-refractivity contribution is 0.248. The second kappa shape index (κ2) is 10.6. The molecule has 0 saturated carbocycles. The van der Waals surface area contributed by atoms with Crippen molar-refractivity contribution >= 4 is 5.69 Å². The number of ether oxygens (including phenoxy) is 3. The second-order valence-electron chi connectivity index (χ2n) is 6.47. The molecule has 0 radical (unpaired) electrons. The second-order valence-corrected chi connectivity index (χ2v) is 6.47. The zero-order valence-corrected chi connectivity index (χ0v) is 16.4. The first-order valence-electron chi connectivity index (χ1n) is 9.43. The molecule has 0 fully saturated rings. The fraction of sp³-hybridized carbons (Fsp3) is 0.455. The molecule has 2 aromatic rings. The number of rotatable bonds is 11. The third-order valence-electron chi connectivity index (χ3n) is 4.16. The highest BCUT2D eigenvalue weighted by Crippen LogP contribution is 2.25. The lowest BCUT2D eigenvalue weighted by Gasteiger charge is -2.19. The van der Waals surface area contributed by atoms with Gasteiger partial charge in [-0.1, -0.05) is 32.3 Å². The Labute approximate surface area is 157 Å². The maximum absolute atomic E-state index is 6.01. The average molecular weight is 357 g/mol. The molecule has 4 heteroatoms. The molecule has 1 unspecified atom stereocenters. The fourth-order valence-corrected chi connectivity index (χ4v) is 2.73. The van der Waals surface area contributed by atoms with E-state index < -0.39 is 0 Å². The molecule has 142 valence electrons. The summed E-state index contributed by atoms with van der Waals surface area (Å²) in [6.45, 7) is 6.98. The van der Waals surface area contributed by atoms with Crippen LogP contribution in [0.15, 0.2) is 42.5 Å². The van der Waals surface area contributed by atoms with Crippen LogP contribution in [0, 0.1) is 6.92 Å². The molecular formula is C22H31NO3. The summed E-state index contributed by atoms with van der Waals surface area (Å²) >= 11 is 0. The van der Waals surface area contributed by atoms with Gasteiger partial charge in [-0.05, 0) is 56.2 Å². The van der Waals surface area contributed by atoms with Gasteiger partial charge in [0.15, 0.2) is 6.23 Å². The fourth-order valence-electron chi connectivity index (χ4n) is 2.73. The standard InChI is InChI=1S/C22H31NO3/c1-5-6-7-8-14-25-21-11-9-10-19(16-21)23-18(3)26-22-13-12-20(24-4)15-17(22)2/h9-13,15-16,18,23H,5-8,14H2,1-4H3. The molecule has 2 rings (SSSR count). The van der Waals surface area contributed by atoms with Crippen molar-refractivity contribution in [1.29, 1.82) is 0 Å². The van der Waals surface area contributed by atoms with E-state index in [-0.39, 0.29) is 6.23 Å². The summed E-state index contributed by atoms with van der Waals surface area (Å²) in [5, 5.41) is 3.36. The van der Waals surface area contributed by atoms with Crippen LogP contribution in [0.2, 0.25) is 0 Å². The van der Waals surface area contributed by atoms with Gasteiger partial charge in [-0.15, -0.1) is 0 Å². The third-order valence-corrected chi connectivity index (χ3v) is 4.16. The Balaban J connectivity index is 1.86. The van der Waals surface area contributed by atoms with Crippen molar-refractivity contribution in [3.8, 4) is 17.2 Å². The number of methoxy groups -OCH3 is 1. The van der Waals surface area contributed by atoms with Gasteiger partial charge in [0.05, 0.1) is 13.7 Å². The SMILES string of the molecule is CCCCCCOc1cccc(NC(C)Oc2ccc(OC)cc2C)c1. The van der Waals surface area contributed by atoms with E-state index in [0.29, 0.717) is 0 Å². The van der Waals surface area contributed by atoms with Gasteiger partial charge in [0, 0.05) is 11.8 Å². The summed E-state index contributed by atoms with van der Waals surface area (Å²) in [6.07, 6.45) is 4.67. The van der Waals surface area contributed by atoms with Gasteiger partial charge < -0.3 is 19.5 Å². The van der Waals surface area contributed by atoms with Crippen LogP contribution in [0.25, 0.3) is 0 Å². The van der Waals surface area contributed by atoms with Gasteiger partial charge in [-0.25, -0.2) is 0 Å². The molecule has 0 aliphatic heterocycles. The minimum Gasteiger partial charge on any atom is -0.497 e. The van der Waals surface area contributed by atoms with Gasteiger partial charge in [0.1, 0.15) is 17.2 Å². The quantitative estimate of drug-likeness (QED) is 0.407. The van der Waals surface area contributed by atoms with Crippen LogP contribution in [-0.4, -0.2) is 19.9 Å². The van der Waals surface area contributed by atoms with Crippen molar-refractivity contribution in [3.05, 3.63) is 48.0 Å². The normalized spacial score (nSPS) is 11.7. The molecule has 26 heavy (non-hydrogen) atoms. The maximum Gasteiger partial charge on any atom is 0.167 e.